The van der Waals surface area contributed by atoms with Gasteiger partial charge in [0, 0.05) is 24.5 Å². The van der Waals surface area contributed by atoms with Crippen LogP contribution in [0, 0.1) is 6.92 Å². The summed E-state index contributed by atoms with van der Waals surface area (Å²) in [5.74, 6) is -0.169. The predicted octanol–water partition coefficient (Wildman–Crippen LogP) is 1.03. The normalized spacial score (nSPS) is 11.6. The summed E-state index contributed by atoms with van der Waals surface area (Å²) in [5.41, 5.74) is 3.27. The van der Waals surface area contributed by atoms with Crippen LogP contribution in [0.3, 0.4) is 0 Å². The standard InChI is InChI=1S/C15H18N8O.ClH/c1-10-4-5-12(6-13(10)23-9-17-20-21-23)19-15(24)14(16-2)11-7-18-22(3)8-11;/h4-9,14,16H,1-3H3,(H,19,24);1H. The van der Waals surface area contributed by atoms with E-state index in [0.29, 0.717) is 5.69 Å². The number of hydrogen-bond donors (Lipinski definition) is 2. The van der Waals surface area contributed by atoms with Crippen LogP contribution in [-0.4, -0.2) is 42.9 Å². The van der Waals surface area contributed by atoms with Crippen molar-refractivity contribution < 1.29 is 4.79 Å². The molecule has 10 heteroatoms. The minimum absolute atomic E-state index is 0. The molecule has 0 aliphatic rings. The first-order valence-corrected chi connectivity index (χ1v) is 7.39. The van der Waals surface area contributed by atoms with Gasteiger partial charge in [-0.3, -0.25) is 9.48 Å². The van der Waals surface area contributed by atoms with E-state index in [2.05, 4.69) is 31.3 Å². The lowest BCUT2D eigenvalue weighted by Crippen LogP contribution is -2.30. The Balaban J connectivity index is 0.00000225. The summed E-state index contributed by atoms with van der Waals surface area (Å²) < 4.78 is 3.22. The highest BCUT2D eigenvalue weighted by Gasteiger charge is 2.20. The molecule has 0 bridgehead atoms. The fourth-order valence-corrected chi connectivity index (χ4v) is 2.46. The zero-order valence-electron chi connectivity index (χ0n) is 14.0. The Bertz CT molecular complexity index is 845. The van der Waals surface area contributed by atoms with Crippen LogP contribution >= 0.6 is 12.4 Å². The Morgan fingerprint density at radius 1 is 1.32 bits per heavy atom. The fourth-order valence-electron chi connectivity index (χ4n) is 2.46. The number of hydrogen-bond acceptors (Lipinski definition) is 6. The zero-order valence-corrected chi connectivity index (χ0v) is 14.9. The molecule has 2 aromatic heterocycles. The van der Waals surface area contributed by atoms with Crippen LogP contribution in [0.15, 0.2) is 36.9 Å². The maximum atomic E-state index is 12.6. The van der Waals surface area contributed by atoms with E-state index in [1.54, 1.807) is 22.6 Å². The van der Waals surface area contributed by atoms with Crippen LogP contribution in [-0.2, 0) is 11.8 Å². The third-order valence-electron chi connectivity index (χ3n) is 3.68. The van der Waals surface area contributed by atoms with Gasteiger partial charge >= 0.3 is 0 Å². The molecule has 0 aliphatic carbocycles. The van der Waals surface area contributed by atoms with Crippen LogP contribution in [0.25, 0.3) is 5.69 Å². The number of amides is 1. The summed E-state index contributed by atoms with van der Waals surface area (Å²) in [6.07, 6.45) is 4.99. The molecule has 1 aromatic carbocycles. The quantitative estimate of drug-likeness (QED) is 0.702. The Kier molecular flexibility index (Phi) is 5.84. The molecule has 25 heavy (non-hydrogen) atoms. The van der Waals surface area contributed by atoms with E-state index in [1.165, 1.54) is 6.33 Å². The smallest absolute Gasteiger partial charge is 0.246 e. The lowest BCUT2D eigenvalue weighted by atomic mass is 10.1. The minimum atomic E-state index is -0.489. The Labute approximate surface area is 150 Å². The van der Waals surface area contributed by atoms with Gasteiger partial charge in [0.05, 0.1) is 11.9 Å². The van der Waals surface area contributed by atoms with Crippen LogP contribution < -0.4 is 10.6 Å². The number of carbonyl (C=O) groups is 1. The van der Waals surface area contributed by atoms with Gasteiger partial charge in [-0.05, 0) is 42.1 Å². The second-order valence-electron chi connectivity index (χ2n) is 5.41. The molecule has 0 saturated carbocycles. The van der Waals surface area contributed by atoms with Gasteiger partial charge in [-0.15, -0.1) is 17.5 Å². The number of nitrogens with one attached hydrogen (secondary N) is 2. The summed E-state index contributed by atoms with van der Waals surface area (Å²) in [6, 6.07) is 5.10. The fraction of sp³-hybridized carbons (Fsp3) is 0.267. The van der Waals surface area contributed by atoms with Crippen molar-refractivity contribution in [3.8, 4) is 5.69 Å². The van der Waals surface area contributed by atoms with Gasteiger partial charge in [-0.2, -0.15) is 5.10 Å². The highest BCUT2D eigenvalue weighted by Crippen LogP contribution is 2.20. The molecule has 3 rings (SSSR count). The number of anilines is 1. The molecule has 0 radical (unpaired) electrons. The second-order valence-corrected chi connectivity index (χ2v) is 5.41. The predicted molar refractivity (Wildman–Crippen MR) is 94.8 cm³/mol. The summed E-state index contributed by atoms with van der Waals surface area (Å²) in [6.45, 7) is 1.95. The van der Waals surface area contributed by atoms with E-state index in [9.17, 15) is 4.79 Å². The Morgan fingerprint density at radius 3 is 2.72 bits per heavy atom. The lowest BCUT2D eigenvalue weighted by Gasteiger charge is -2.15. The molecule has 1 unspecified atom stereocenters. The van der Waals surface area contributed by atoms with E-state index >= 15 is 0 Å². The Hall–Kier alpha value is -2.78. The van der Waals surface area contributed by atoms with Crippen molar-refractivity contribution in [1.29, 1.82) is 0 Å². The van der Waals surface area contributed by atoms with Gasteiger partial charge in [0.15, 0.2) is 0 Å². The molecule has 2 heterocycles. The lowest BCUT2D eigenvalue weighted by molar-refractivity contribution is -0.118. The third-order valence-corrected chi connectivity index (χ3v) is 3.68. The zero-order chi connectivity index (χ0) is 17.1. The van der Waals surface area contributed by atoms with Crippen molar-refractivity contribution in [3.05, 3.63) is 48.0 Å². The van der Waals surface area contributed by atoms with Crippen LogP contribution in [0.1, 0.15) is 17.2 Å². The van der Waals surface area contributed by atoms with Gasteiger partial charge in [-0.1, -0.05) is 6.07 Å². The molecule has 0 spiro atoms. The number of carbonyl (C=O) groups excluding carboxylic acids is 1. The number of nitrogens with zero attached hydrogens (tertiary/aromatic N) is 6. The van der Waals surface area contributed by atoms with Gasteiger partial charge in [0.1, 0.15) is 12.4 Å². The van der Waals surface area contributed by atoms with E-state index in [4.69, 9.17) is 0 Å². The minimum Gasteiger partial charge on any atom is -0.324 e. The van der Waals surface area contributed by atoms with Crippen molar-refractivity contribution in [2.24, 2.45) is 7.05 Å². The van der Waals surface area contributed by atoms with E-state index < -0.39 is 6.04 Å². The number of aryl methyl sites for hydroxylation is 2. The summed E-state index contributed by atoms with van der Waals surface area (Å²) in [5, 5.41) is 21.2. The van der Waals surface area contributed by atoms with Crippen LogP contribution in [0.5, 0.6) is 0 Å². The maximum Gasteiger partial charge on any atom is 0.246 e. The summed E-state index contributed by atoms with van der Waals surface area (Å²) in [4.78, 5) is 12.6. The molecule has 132 valence electrons. The molecule has 1 amide bonds. The monoisotopic (exact) mass is 362 g/mol. The maximum absolute atomic E-state index is 12.6. The van der Waals surface area contributed by atoms with Crippen molar-refractivity contribution >= 4 is 24.0 Å². The number of benzene rings is 1. The highest BCUT2D eigenvalue weighted by atomic mass is 35.5. The second kappa shape index (κ2) is 7.86. The third kappa shape index (κ3) is 4.01. The van der Waals surface area contributed by atoms with E-state index in [1.807, 2.05) is 38.4 Å². The van der Waals surface area contributed by atoms with E-state index in [-0.39, 0.29) is 18.3 Å². The number of aromatic nitrogens is 6. The highest BCUT2D eigenvalue weighted by molar-refractivity contribution is 5.95. The molecule has 1 atom stereocenters. The molecule has 9 nitrogen and oxygen atoms in total. The first kappa shape index (κ1) is 18.6. The molecular formula is C15H19ClN8O. The number of tetrazole rings is 1. The Morgan fingerprint density at radius 2 is 2.12 bits per heavy atom. The van der Waals surface area contributed by atoms with Crippen LogP contribution in [0.2, 0.25) is 0 Å². The molecule has 0 saturated heterocycles. The van der Waals surface area contributed by atoms with Crippen molar-refractivity contribution in [2.75, 3.05) is 12.4 Å². The molecule has 0 fully saturated rings. The SMILES string of the molecule is CNC(C(=O)Nc1ccc(C)c(-n2cnnn2)c1)c1cnn(C)c1.Cl. The number of rotatable bonds is 5. The van der Waals surface area contributed by atoms with Gasteiger partial charge in [0.25, 0.3) is 0 Å². The van der Waals surface area contributed by atoms with Crippen molar-refractivity contribution in [3.63, 3.8) is 0 Å². The first-order chi connectivity index (χ1) is 11.6. The average molecular weight is 363 g/mol. The summed E-state index contributed by atoms with van der Waals surface area (Å²) in [7, 11) is 3.55. The van der Waals surface area contributed by atoms with Crippen molar-refractivity contribution in [2.45, 2.75) is 13.0 Å². The summed E-state index contributed by atoms with van der Waals surface area (Å²) >= 11 is 0. The van der Waals surface area contributed by atoms with E-state index in [0.717, 1.165) is 16.8 Å². The average Bonchev–Trinajstić information content (AvgIpc) is 3.22. The van der Waals surface area contributed by atoms with Gasteiger partial charge in [-0.25, -0.2) is 4.68 Å². The first-order valence-electron chi connectivity index (χ1n) is 7.39. The van der Waals surface area contributed by atoms with Gasteiger partial charge in [0.2, 0.25) is 5.91 Å². The molecule has 2 N–H and O–H groups in total. The molecule has 0 aliphatic heterocycles. The molecular weight excluding hydrogens is 344 g/mol. The number of likely N-dealkylation sites (N-methyl/N-ethyl adjacent to an activating group) is 1. The van der Waals surface area contributed by atoms with Gasteiger partial charge < -0.3 is 10.6 Å². The molecule has 3 aromatic rings. The topological polar surface area (TPSA) is 103 Å². The van der Waals surface area contributed by atoms with Crippen molar-refractivity contribution in [1.82, 2.24) is 35.3 Å². The number of halogens is 1. The largest absolute Gasteiger partial charge is 0.324 e. The van der Waals surface area contributed by atoms with Crippen LogP contribution in [0.4, 0.5) is 5.69 Å².